The van der Waals surface area contributed by atoms with E-state index in [1.165, 1.54) is 40.0 Å². The molecule has 1 atom stereocenters. The van der Waals surface area contributed by atoms with Gasteiger partial charge in [0, 0.05) is 29.5 Å². The molecule has 3 rings (SSSR count). The number of carbonyl (C=O) groups is 2. The van der Waals surface area contributed by atoms with Crippen LogP contribution in [0.15, 0.2) is 41.4 Å². The molecule has 1 heterocycles. The summed E-state index contributed by atoms with van der Waals surface area (Å²) in [5.74, 6) is 1.62. The van der Waals surface area contributed by atoms with Gasteiger partial charge < -0.3 is 19.5 Å². The van der Waals surface area contributed by atoms with E-state index in [0.29, 0.717) is 28.6 Å². The van der Waals surface area contributed by atoms with Crippen molar-refractivity contribution in [2.45, 2.75) is 13.0 Å². The van der Waals surface area contributed by atoms with Crippen LogP contribution in [0.4, 0.5) is 5.69 Å². The molecule has 1 aliphatic heterocycles. The minimum absolute atomic E-state index is 0.110. The van der Waals surface area contributed by atoms with Crippen LogP contribution in [0.1, 0.15) is 22.8 Å². The number of benzene rings is 2. The fourth-order valence-corrected chi connectivity index (χ4v) is 4.03. The zero-order valence-corrected chi connectivity index (χ0v) is 17.5. The summed E-state index contributed by atoms with van der Waals surface area (Å²) in [6.07, 6.45) is 0. The molecule has 152 valence electrons. The van der Waals surface area contributed by atoms with E-state index in [9.17, 15) is 9.59 Å². The molecule has 0 saturated carbocycles. The van der Waals surface area contributed by atoms with Crippen molar-refractivity contribution in [2.24, 2.45) is 4.99 Å². The fraction of sp³-hybridized carbons (Fsp3) is 0.286. The van der Waals surface area contributed by atoms with Gasteiger partial charge in [-0.15, -0.1) is 11.8 Å². The van der Waals surface area contributed by atoms with E-state index in [1.54, 1.807) is 12.1 Å². The van der Waals surface area contributed by atoms with Gasteiger partial charge in [0.15, 0.2) is 17.3 Å². The molecule has 0 radical (unpaired) electrons. The highest BCUT2D eigenvalue weighted by Gasteiger charge is 2.28. The molecular weight excluding hydrogens is 392 g/mol. The topological polar surface area (TPSA) is 86.2 Å². The van der Waals surface area contributed by atoms with Crippen LogP contribution in [-0.4, -0.2) is 49.9 Å². The Labute approximate surface area is 173 Å². The summed E-state index contributed by atoms with van der Waals surface area (Å²) in [5, 5.41) is 3.52. The SMILES string of the molecule is COc1cc(C(=O)C2CSC(c3ccc(NC(C)=O)cc3)=N2)cc(OC)c1OC. The summed E-state index contributed by atoms with van der Waals surface area (Å²) < 4.78 is 16.0. The molecule has 0 spiro atoms. The van der Waals surface area contributed by atoms with E-state index in [0.717, 1.165) is 16.3 Å². The molecule has 0 aromatic heterocycles. The second kappa shape index (κ2) is 9.00. The van der Waals surface area contributed by atoms with Gasteiger partial charge in [0.05, 0.1) is 26.4 Å². The van der Waals surface area contributed by atoms with Gasteiger partial charge in [-0.05, 0) is 24.3 Å². The number of nitrogens with zero attached hydrogens (tertiary/aromatic N) is 1. The first-order valence-corrected chi connectivity index (χ1v) is 9.88. The Balaban J connectivity index is 1.82. The van der Waals surface area contributed by atoms with E-state index in [4.69, 9.17) is 14.2 Å². The molecule has 1 unspecified atom stereocenters. The molecule has 0 fully saturated rings. The van der Waals surface area contributed by atoms with Crippen molar-refractivity contribution in [1.82, 2.24) is 0 Å². The number of hydrogen-bond acceptors (Lipinski definition) is 7. The summed E-state index contributed by atoms with van der Waals surface area (Å²) in [7, 11) is 4.54. The van der Waals surface area contributed by atoms with Crippen molar-refractivity contribution in [3.8, 4) is 17.2 Å². The molecule has 8 heteroatoms. The quantitative estimate of drug-likeness (QED) is 0.699. The van der Waals surface area contributed by atoms with Crippen LogP contribution in [0.2, 0.25) is 0 Å². The second-order valence-electron chi connectivity index (χ2n) is 6.30. The van der Waals surface area contributed by atoms with Crippen LogP contribution in [-0.2, 0) is 4.79 Å². The van der Waals surface area contributed by atoms with E-state index in [-0.39, 0.29) is 11.7 Å². The van der Waals surface area contributed by atoms with Gasteiger partial charge in [0.25, 0.3) is 0 Å². The van der Waals surface area contributed by atoms with Gasteiger partial charge in [-0.25, -0.2) is 0 Å². The number of ether oxygens (including phenoxy) is 3. The van der Waals surface area contributed by atoms with Gasteiger partial charge in [-0.2, -0.15) is 0 Å². The summed E-state index contributed by atoms with van der Waals surface area (Å²) in [6, 6.07) is 10.2. The summed E-state index contributed by atoms with van der Waals surface area (Å²) >= 11 is 1.53. The van der Waals surface area contributed by atoms with Crippen LogP contribution >= 0.6 is 11.8 Å². The van der Waals surface area contributed by atoms with Crippen LogP contribution in [0.5, 0.6) is 17.2 Å². The number of hydrogen-bond donors (Lipinski definition) is 1. The molecular formula is C21H22N2O5S. The first kappa shape index (κ1) is 20.7. The maximum absolute atomic E-state index is 13.0. The maximum Gasteiger partial charge on any atom is 0.221 e. The van der Waals surface area contributed by atoms with Crippen molar-refractivity contribution in [2.75, 3.05) is 32.4 Å². The molecule has 0 aliphatic carbocycles. The lowest BCUT2D eigenvalue weighted by atomic mass is 10.0. The lowest BCUT2D eigenvalue weighted by Gasteiger charge is -2.14. The molecule has 0 saturated heterocycles. The van der Waals surface area contributed by atoms with Crippen molar-refractivity contribution in [3.63, 3.8) is 0 Å². The highest BCUT2D eigenvalue weighted by atomic mass is 32.2. The first-order valence-electron chi connectivity index (χ1n) is 8.89. The Morgan fingerprint density at radius 1 is 1.03 bits per heavy atom. The van der Waals surface area contributed by atoms with Crippen molar-refractivity contribution in [3.05, 3.63) is 47.5 Å². The van der Waals surface area contributed by atoms with E-state index in [2.05, 4.69) is 10.3 Å². The molecule has 7 nitrogen and oxygen atoms in total. The summed E-state index contributed by atoms with van der Waals surface area (Å²) in [6.45, 7) is 1.46. The minimum Gasteiger partial charge on any atom is -0.493 e. The lowest BCUT2D eigenvalue weighted by molar-refractivity contribution is -0.114. The van der Waals surface area contributed by atoms with Gasteiger partial charge in [-0.3, -0.25) is 14.6 Å². The zero-order chi connectivity index (χ0) is 21.0. The minimum atomic E-state index is -0.493. The van der Waals surface area contributed by atoms with Crippen molar-refractivity contribution < 1.29 is 23.8 Å². The zero-order valence-electron chi connectivity index (χ0n) is 16.6. The number of anilines is 1. The third-order valence-corrected chi connectivity index (χ3v) is 5.45. The standard InChI is InChI=1S/C21H22N2O5S/c1-12(24)22-15-7-5-13(6-8-15)21-23-16(11-29-21)19(25)14-9-17(26-2)20(28-4)18(10-14)27-3/h5-10,16H,11H2,1-4H3,(H,22,24). The van der Waals surface area contributed by atoms with Gasteiger partial charge in [0.1, 0.15) is 6.04 Å². The molecule has 29 heavy (non-hydrogen) atoms. The van der Waals surface area contributed by atoms with E-state index in [1.807, 2.05) is 24.3 Å². The Morgan fingerprint density at radius 3 is 2.17 bits per heavy atom. The Kier molecular flexibility index (Phi) is 6.43. The van der Waals surface area contributed by atoms with Crippen molar-refractivity contribution >= 4 is 34.2 Å². The van der Waals surface area contributed by atoms with Gasteiger partial charge in [0.2, 0.25) is 11.7 Å². The highest BCUT2D eigenvalue weighted by Crippen LogP contribution is 2.39. The average molecular weight is 414 g/mol. The number of Topliss-reactive ketones (excluding diaryl/α,β-unsaturated/α-hetero) is 1. The third-order valence-electron chi connectivity index (χ3n) is 4.36. The van der Waals surface area contributed by atoms with Crippen LogP contribution in [0.3, 0.4) is 0 Å². The Morgan fingerprint density at radius 2 is 1.66 bits per heavy atom. The monoisotopic (exact) mass is 414 g/mol. The average Bonchev–Trinajstić information content (AvgIpc) is 3.22. The highest BCUT2D eigenvalue weighted by molar-refractivity contribution is 8.14. The third kappa shape index (κ3) is 4.54. The predicted molar refractivity (Wildman–Crippen MR) is 114 cm³/mol. The number of carbonyl (C=O) groups excluding carboxylic acids is 2. The molecule has 1 amide bonds. The smallest absolute Gasteiger partial charge is 0.221 e. The number of ketones is 1. The predicted octanol–water partition coefficient (Wildman–Crippen LogP) is 3.42. The Hall–Kier alpha value is -3.00. The second-order valence-corrected chi connectivity index (χ2v) is 7.31. The van der Waals surface area contributed by atoms with E-state index < -0.39 is 6.04 Å². The Bertz CT molecular complexity index is 931. The van der Waals surface area contributed by atoms with Gasteiger partial charge >= 0.3 is 0 Å². The number of thioether (sulfide) groups is 1. The number of nitrogens with one attached hydrogen (secondary N) is 1. The summed E-state index contributed by atoms with van der Waals surface area (Å²) in [4.78, 5) is 28.8. The van der Waals surface area contributed by atoms with Crippen LogP contribution in [0.25, 0.3) is 0 Å². The maximum atomic E-state index is 13.0. The lowest BCUT2D eigenvalue weighted by Crippen LogP contribution is -2.19. The number of aliphatic imine (C=N–C) groups is 1. The molecule has 2 aromatic rings. The number of methoxy groups -OCH3 is 3. The largest absolute Gasteiger partial charge is 0.493 e. The van der Waals surface area contributed by atoms with E-state index >= 15 is 0 Å². The van der Waals surface area contributed by atoms with Crippen LogP contribution < -0.4 is 19.5 Å². The molecule has 2 aromatic carbocycles. The molecule has 1 N–H and O–H groups in total. The normalized spacial score (nSPS) is 15.4. The first-order chi connectivity index (χ1) is 14.0. The number of amides is 1. The fourth-order valence-electron chi connectivity index (χ4n) is 2.98. The van der Waals surface area contributed by atoms with Crippen molar-refractivity contribution in [1.29, 1.82) is 0 Å². The molecule has 1 aliphatic rings. The molecule has 0 bridgehead atoms. The summed E-state index contributed by atoms with van der Waals surface area (Å²) in [5.41, 5.74) is 2.08. The van der Waals surface area contributed by atoms with Crippen LogP contribution in [0, 0.1) is 0 Å². The van der Waals surface area contributed by atoms with Gasteiger partial charge in [-0.1, -0.05) is 12.1 Å². The number of rotatable bonds is 7.